The third-order valence-corrected chi connectivity index (χ3v) is 7.67. The fourth-order valence-corrected chi connectivity index (χ4v) is 5.60. The standard InChI is InChI=1S/C22H27N5OS.ClH/c1-16-19(28-15-23-16)20-24-25-21(26(20)2)29-12-6-10-27-11-9-22(13-18(22)14-27)17-7-4-3-5-8-17;/h3-5,7-8,15,18H,6,9-14H2,1-2H3;1H/t18-,22-;/m1./s1. The van der Waals surface area contributed by atoms with Crippen molar-refractivity contribution in [2.75, 3.05) is 25.4 Å². The van der Waals surface area contributed by atoms with Crippen LogP contribution in [0.1, 0.15) is 30.5 Å². The van der Waals surface area contributed by atoms with Crippen LogP contribution in [0.15, 0.2) is 46.3 Å². The molecule has 2 fully saturated rings. The molecule has 8 heteroatoms. The zero-order valence-electron chi connectivity index (χ0n) is 17.5. The summed E-state index contributed by atoms with van der Waals surface area (Å²) in [6.07, 6.45) is 5.29. The molecule has 3 aromatic rings. The molecule has 1 aromatic carbocycles. The lowest BCUT2D eigenvalue weighted by Gasteiger charge is -2.32. The molecule has 30 heavy (non-hydrogen) atoms. The molecular formula is C22H28ClN5OS. The van der Waals surface area contributed by atoms with E-state index in [4.69, 9.17) is 4.42 Å². The van der Waals surface area contributed by atoms with Crippen molar-refractivity contribution in [1.29, 1.82) is 0 Å². The van der Waals surface area contributed by atoms with Gasteiger partial charge in [-0.25, -0.2) is 4.98 Å². The Balaban J connectivity index is 0.00000218. The van der Waals surface area contributed by atoms with Gasteiger partial charge >= 0.3 is 0 Å². The van der Waals surface area contributed by atoms with Gasteiger partial charge in [0.15, 0.2) is 17.3 Å². The second-order valence-corrected chi connectivity index (χ2v) is 9.37. The summed E-state index contributed by atoms with van der Waals surface area (Å²) in [5.41, 5.74) is 2.88. The molecule has 2 aliphatic rings. The number of rotatable bonds is 7. The quantitative estimate of drug-likeness (QED) is 0.398. The van der Waals surface area contributed by atoms with Crippen LogP contribution in [-0.4, -0.2) is 50.0 Å². The molecule has 5 rings (SSSR count). The maximum atomic E-state index is 5.45. The average molecular weight is 446 g/mol. The summed E-state index contributed by atoms with van der Waals surface area (Å²) in [6.45, 7) is 5.55. The third kappa shape index (κ3) is 3.90. The summed E-state index contributed by atoms with van der Waals surface area (Å²) in [5.74, 6) is 3.33. The normalized spacial score (nSPS) is 23.1. The lowest BCUT2D eigenvalue weighted by Crippen LogP contribution is -2.37. The molecule has 3 heterocycles. The number of hydrogen-bond donors (Lipinski definition) is 0. The highest BCUT2D eigenvalue weighted by Crippen LogP contribution is 2.59. The smallest absolute Gasteiger partial charge is 0.202 e. The van der Waals surface area contributed by atoms with E-state index in [1.54, 1.807) is 17.3 Å². The van der Waals surface area contributed by atoms with Gasteiger partial charge in [0.05, 0.1) is 5.69 Å². The minimum absolute atomic E-state index is 0. The molecule has 0 spiro atoms. The molecule has 6 nitrogen and oxygen atoms in total. The minimum Gasteiger partial charge on any atom is -0.440 e. The highest BCUT2D eigenvalue weighted by molar-refractivity contribution is 7.99. The number of thioether (sulfide) groups is 1. The van der Waals surface area contributed by atoms with Gasteiger partial charge in [-0.05, 0) is 50.8 Å². The summed E-state index contributed by atoms with van der Waals surface area (Å²) >= 11 is 1.77. The fraction of sp³-hybridized carbons (Fsp3) is 0.500. The number of fused-ring (bicyclic) bond motifs is 1. The van der Waals surface area contributed by atoms with Crippen LogP contribution in [0.4, 0.5) is 0 Å². The zero-order chi connectivity index (χ0) is 19.8. The lowest BCUT2D eigenvalue weighted by atomic mass is 9.87. The number of aromatic nitrogens is 4. The molecule has 160 valence electrons. The number of piperidine rings is 1. The summed E-state index contributed by atoms with van der Waals surface area (Å²) < 4.78 is 7.45. The first-order valence-corrected chi connectivity index (χ1v) is 11.4. The topological polar surface area (TPSA) is 60.0 Å². The van der Waals surface area contributed by atoms with E-state index in [9.17, 15) is 0 Å². The second kappa shape index (κ2) is 8.73. The number of likely N-dealkylation sites (tertiary alicyclic amines) is 1. The van der Waals surface area contributed by atoms with Crippen molar-refractivity contribution in [2.24, 2.45) is 13.0 Å². The van der Waals surface area contributed by atoms with E-state index in [0.29, 0.717) is 11.2 Å². The molecule has 0 N–H and O–H groups in total. The van der Waals surface area contributed by atoms with Gasteiger partial charge in [0.2, 0.25) is 5.82 Å². The van der Waals surface area contributed by atoms with Gasteiger partial charge in [0.25, 0.3) is 0 Å². The maximum Gasteiger partial charge on any atom is 0.202 e. The second-order valence-electron chi connectivity index (χ2n) is 8.31. The molecular weight excluding hydrogens is 418 g/mol. The largest absolute Gasteiger partial charge is 0.440 e. The molecule has 0 unspecified atom stereocenters. The van der Waals surface area contributed by atoms with Crippen LogP contribution in [0.2, 0.25) is 0 Å². The summed E-state index contributed by atoms with van der Waals surface area (Å²) in [4.78, 5) is 6.80. The van der Waals surface area contributed by atoms with Gasteiger partial charge in [-0.3, -0.25) is 0 Å². The third-order valence-electron chi connectivity index (χ3n) is 6.57. The summed E-state index contributed by atoms with van der Waals surface area (Å²) in [7, 11) is 1.99. The molecule has 0 radical (unpaired) electrons. The predicted molar refractivity (Wildman–Crippen MR) is 121 cm³/mol. The van der Waals surface area contributed by atoms with E-state index in [1.165, 1.54) is 45.3 Å². The van der Waals surface area contributed by atoms with Crippen molar-refractivity contribution in [2.45, 2.75) is 36.8 Å². The van der Waals surface area contributed by atoms with E-state index >= 15 is 0 Å². The molecule has 0 amide bonds. The first-order chi connectivity index (χ1) is 14.2. The van der Waals surface area contributed by atoms with E-state index in [-0.39, 0.29) is 12.4 Å². The Morgan fingerprint density at radius 2 is 2.07 bits per heavy atom. The molecule has 1 saturated carbocycles. The highest BCUT2D eigenvalue weighted by Gasteiger charge is 2.57. The van der Waals surface area contributed by atoms with Crippen molar-refractivity contribution in [3.05, 3.63) is 48.0 Å². The number of benzene rings is 1. The van der Waals surface area contributed by atoms with Crippen molar-refractivity contribution < 1.29 is 4.42 Å². The summed E-state index contributed by atoms with van der Waals surface area (Å²) in [6, 6.07) is 11.1. The summed E-state index contributed by atoms with van der Waals surface area (Å²) in [5, 5.41) is 9.55. The molecule has 0 bridgehead atoms. The zero-order valence-corrected chi connectivity index (χ0v) is 19.1. The fourth-order valence-electron chi connectivity index (χ4n) is 4.76. The van der Waals surface area contributed by atoms with Gasteiger partial charge in [-0.15, -0.1) is 22.6 Å². The van der Waals surface area contributed by atoms with Gasteiger partial charge < -0.3 is 13.9 Å². The Morgan fingerprint density at radius 3 is 2.80 bits per heavy atom. The average Bonchev–Trinajstić information content (AvgIpc) is 3.17. The van der Waals surface area contributed by atoms with Crippen molar-refractivity contribution in [1.82, 2.24) is 24.6 Å². The Hall–Kier alpha value is -1.83. The van der Waals surface area contributed by atoms with Crippen LogP contribution < -0.4 is 0 Å². The van der Waals surface area contributed by atoms with Crippen molar-refractivity contribution in [3.8, 4) is 11.6 Å². The van der Waals surface area contributed by atoms with Gasteiger partial charge in [-0.1, -0.05) is 42.1 Å². The van der Waals surface area contributed by atoms with Crippen LogP contribution in [0.3, 0.4) is 0 Å². The van der Waals surface area contributed by atoms with Crippen LogP contribution in [0, 0.1) is 12.8 Å². The number of aryl methyl sites for hydroxylation is 1. The van der Waals surface area contributed by atoms with Crippen LogP contribution in [0.5, 0.6) is 0 Å². The Morgan fingerprint density at radius 1 is 1.23 bits per heavy atom. The molecule has 2 aromatic heterocycles. The Bertz CT molecular complexity index is 991. The van der Waals surface area contributed by atoms with Crippen LogP contribution in [-0.2, 0) is 12.5 Å². The molecule has 1 aliphatic heterocycles. The number of hydrogen-bond acceptors (Lipinski definition) is 6. The van der Waals surface area contributed by atoms with E-state index in [0.717, 1.165) is 28.3 Å². The Labute approximate surface area is 187 Å². The maximum absolute atomic E-state index is 5.45. The highest BCUT2D eigenvalue weighted by atomic mass is 35.5. The van der Waals surface area contributed by atoms with Crippen molar-refractivity contribution in [3.63, 3.8) is 0 Å². The van der Waals surface area contributed by atoms with E-state index in [1.807, 2.05) is 18.5 Å². The van der Waals surface area contributed by atoms with E-state index in [2.05, 4.69) is 50.4 Å². The Kier molecular flexibility index (Phi) is 6.23. The van der Waals surface area contributed by atoms with Gasteiger partial charge in [-0.2, -0.15) is 0 Å². The van der Waals surface area contributed by atoms with Crippen molar-refractivity contribution >= 4 is 24.2 Å². The number of nitrogens with zero attached hydrogens (tertiary/aromatic N) is 5. The first-order valence-electron chi connectivity index (χ1n) is 10.4. The predicted octanol–water partition coefficient (Wildman–Crippen LogP) is 4.35. The van der Waals surface area contributed by atoms with E-state index < -0.39 is 0 Å². The monoisotopic (exact) mass is 445 g/mol. The number of halogens is 1. The lowest BCUT2D eigenvalue weighted by molar-refractivity contribution is 0.207. The minimum atomic E-state index is 0. The van der Waals surface area contributed by atoms with Gasteiger partial charge in [0, 0.05) is 24.8 Å². The van der Waals surface area contributed by atoms with Crippen LogP contribution >= 0.6 is 24.2 Å². The number of oxazole rings is 1. The first kappa shape index (κ1) is 21.4. The SMILES string of the molecule is Cc1ncoc1-c1nnc(SCCCN2CC[C@]3(c4ccccc4)C[C@@H]3C2)n1C.Cl. The molecule has 1 saturated heterocycles. The van der Waals surface area contributed by atoms with Gasteiger partial charge in [0.1, 0.15) is 0 Å². The molecule has 1 aliphatic carbocycles. The molecule has 2 atom stereocenters. The van der Waals surface area contributed by atoms with Crippen LogP contribution in [0.25, 0.3) is 11.6 Å².